The van der Waals surface area contributed by atoms with E-state index in [1.54, 1.807) is 11.9 Å². The van der Waals surface area contributed by atoms with Crippen LogP contribution >= 0.6 is 0 Å². The Morgan fingerprint density at radius 3 is 1.12 bits per heavy atom. The molecule has 0 saturated carbocycles. The molecule has 214 valence electrons. The molecule has 0 aliphatic heterocycles. The molecule has 0 amide bonds. The minimum absolute atomic E-state index is 0.0694. The monoisotopic (exact) mass is 507 g/mol. The van der Waals surface area contributed by atoms with Gasteiger partial charge in [-0.05, 0) is 20.0 Å². The summed E-state index contributed by atoms with van der Waals surface area (Å²) in [6.45, 7) is 8.75. The summed E-state index contributed by atoms with van der Waals surface area (Å²) in [5.41, 5.74) is 4.78. The van der Waals surface area contributed by atoms with Gasteiger partial charge < -0.3 is 62.5 Å². The first kappa shape index (κ1) is 43.5. The molecule has 0 unspecified atom stereocenters. The topological polar surface area (TPSA) is 227 Å². The number of likely N-dealkylation sites (N-methyl/N-ethyl adjacent to an activating group) is 1. The van der Waals surface area contributed by atoms with Gasteiger partial charge in [0.2, 0.25) is 0 Å². The molecule has 0 aliphatic carbocycles. The van der Waals surface area contributed by atoms with E-state index >= 15 is 0 Å². The molecule has 0 spiro atoms. The maximum absolute atomic E-state index is 8.48. The van der Waals surface area contributed by atoms with E-state index < -0.39 is 0 Å². The Kier molecular flexibility index (Phi) is 68.8. The van der Waals surface area contributed by atoms with Crippen LogP contribution < -0.4 is 21.7 Å². The summed E-state index contributed by atoms with van der Waals surface area (Å²) in [6.07, 6.45) is 2.43. The van der Waals surface area contributed by atoms with Crippen LogP contribution in [0.3, 0.4) is 0 Å². The van der Waals surface area contributed by atoms with Gasteiger partial charge >= 0.3 is 0 Å². The standard InChI is InChI=1S/C6H15NO3.C6H15NO.C4H11NO2.C3H9NO.C2H7NO/c8-4-1-7(2-5-9)3-6-10;1-2-3-4-7-5-6-8;6-3-1-5-2-4-7;1-4-2-3-5;3-1-2-4/h8-10H,1-6H2;7-8H,2-6H2,1H3;5-7H,1-4H2;4-5H,2-3H2,1H3;4H,1-3H2. The van der Waals surface area contributed by atoms with Gasteiger partial charge in [-0.15, -0.1) is 0 Å². The quantitative estimate of drug-likeness (QED) is 0.0784. The van der Waals surface area contributed by atoms with Crippen LogP contribution in [0.4, 0.5) is 0 Å². The second-order valence-electron chi connectivity index (χ2n) is 6.38. The third kappa shape index (κ3) is 69.7. The number of hydrogen-bond acceptors (Lipinski definition) is 13. The number of rotatable bonds is 18. The number of nitrogens with zero attached hydrogens (tertiary/aromatic N) is 1. The zero-order valence-corrected chi connectivity index (χ0v) is 21.5. The Bertz CT molecular complexity index is 249. The van der Waals surface area contributed by atoms with Crippen molar-refractivity contribution >= 4 is 0 Å². The van der Waals surface area contributed by atoms with Gasteiger partial charge in [-0.1, -0.05) is 13.3 Å². The third-order valence-electron chi connectivity index (χ3n) is 3.31. The van der Waals surface area contributed by atoms with Gasteiger partial charge in [0.1, 0.15) is 0 Å². The number of nitrogens with one attached hydrogen (secondary N) is 3. The molecule has 0 rings (SSSR count). The minimum Gasteiger partial charge on any atom is -0.395 e. The van der Waals surface area contributed by atoms with E-state index in [0.29, 0.717) is 45.8 Å². The Morgan fingerprint density at radius 2 is 0.912 bits per heavy atom. The molecule has 0 saturated heterocycles. The zero-order valence-electron chi connectivity index (χ0n) is 21.5. The van der Waals surface area contributed by atoms with Gasteiger partial charge in [0.25, 0.3) is 0 Å². The van der Waals surface area contributed by atoms with Crippen molar-refractivity contribution in [1.82, 2.24) is 20.9 Å². The van der Waals surface area contributed by atoms with Crippen molar-refractivity contribution in [3.8, 4) is 0 Å². The molecule has 0 heterocycles. The van der Waals surface area contributed by atoms with Crippen molar-refractivity contribution in [3.05, 3.63) is 0 Å². The summed E-state index contributed by atoms with van der Waals surface area (Å²) in [5.74, 6) is 0. The lowest BCUT2D eigenvalue weighted by Gasteiger charge is -2.17. The van der Waals surface area contributed by atoms with Crippen LogP contribution in [0.2, 0.25) is 0 Å². The first-order valence-electron chi connectivity index (χ1n) is 11.9. The molecule has 13 N–H and O–H groups in total. The van der Waals surface area contributed by atoms with Crippen molar-refractivity contribution in [2.45, 2.75) is 19.8 Å². The molecule has 0 radical (unpaired) electrons. The first-order chi connectivity index (χ1) is 16.5. The predicted molar refractivity (Wildman–Crippen MR) is 137 cm³/mol. The molecule has 13 heteroatoms. The number of aliphatic hydroxyl groups is 8. The summed E-state index contributed by atoms with van der Waals surface area (Å²) in [6, 6.07) is 0. The van der Waals surface area contributed by atoms with E-state index in [0.717, 1.165) is 13.1 Å². The summed E-state index contributed by atoms with van der Waals surface area (Å²) < 4.78 is 0. The van der Waals surface area contributed by atoms with Crippen LogP contribution in [0, 0.1) is 0 Å². The van der Waals surface area contributed by atoms with Gasteiger partial charge in [-0.25, -0.2) is 0 Å². The molecule has 0 aliphatic rings. The van der Waals surface area contributed by atoms with Gasteiger partial charge in [0.15, 0.2) is 0 Å². The van der Waals surface area contributed by atoms with Crippen molar-refractivity contribution in [2.24, 2.45) is 5.73 Å². The van der Waals surface area contributed by atoms with E-state index in [-0.39, 0.29) is 52.9 Å². The van der Waals surface area contributed by atoms with Crippen molar-refractivity contribution in [3.63, 3.8) is 0 Å². The van der Waals surface area contributed by atoms with Crippen molar-refractivity contribution in [1.29, 1.82) is 0 Å². The summed E-state index contributed by atoms with van der Waals surface area (Å²) >= 11 is 0. The molecule has 34 heavy (non-hydrogen) atoms. The van der Waals surface area contributed by atoms with E-state index in [1.807, 2.05) is 0 Å². The number of unbranched alkanes of at least 4 members (excludes halogenated alkanes) is 1. The van der Waals surface area contributed by atoms with Crippen LogP contribution in [0.1, 0.15) is 19.8 Å². The summed E-state index contributed by atoms with van der Waals surface area (Å²) in [4.78, 5) is 1.79. The normalized spacial score (nSPS) is 9.53. The fourth-order valence-electron chi connectivity index (χ4n) is 1.66. The largest absolute Gasteiger partial charge is 0.395 e. The van der Waals surface area contributed by atoms with Gasteiger partial charge in [-0.2, -0.15) is 0 Å². The Morgan fingerprint density at radius 1 is 0.559 bits per heavy atom. The fraction of sp³-hybridized carbons (Fsp3) is 1.00. The van der Waals surface area contributed by atoms with Crippen LogP contribution in [0.15, 0.2) is 0 Å². The SMILES string of the molecule is CCCCNCCO.CNCCO.NCCO.OCCN(CCO)CCO.OCCNCCO. The summed E-state index contributed by atoms with van der Waals surface area (Å²) in [5, 5.41) is 74.4. The molecular weight excluding hydrogens is 450 g/mol. The van der Waals surface area contributed by atoms with E-state index in [4.69, 9.17) is 46.6 Å². The molecular formula is C21H57N5O8. The Labute approximate surface area is 206 Å². The second kappa shape index (κ2) is 53.7. The van der Waals surface area contributed by atoms with Crippen LogP contribution in [-0.2, 0) is 0 Å². The lowest BCUT2D eigenvalue weighted by atomic mass is 10.3. The number of nitrogens with two attached hydrogens (primary N) is 1. The van der Waals surface area contributed by atoms with Crippen molar-refractivity contribution < 1.29 is 40.9 Å². The molecule has 0 fully saturated rings. The molecule has 0 aromatic carbocycles. The average molecular weight is 508 g/mol. The molecule has 13 nitrogen and oxygen atoms in total. The zero-order chi connectivity index (χ0) is 27.1. The molecule has 0 aromatic rings. The fourth-order valence-corrected chi connectivity index (χ4v) is 1.66. The van der Waals surface area contributed by atoms with E-state index in [1.165, 1.54) is 12.8 Å². The Balaban J connectivity index is -0.000000107. The number of hydrogen-bond donors (Lipinski definition) is 12. The second-order valence-corrected chi connectivity index (χ2v) is 6.38. The van der Waals surface area contributed by atoms with Crippen molar-refractivity contribution in [2.75, 3.05) is 119 Å². The average Bonchev–Trinajstić information content (AvgIpc) is 2.85. The lowest BCUT2D eigenvalue weighted by Crippen LogP contribution is -2.32. The highest BCUT2D eigenvalue weighted by Gasteiger charge is 2.00. The minimum atomic E-state index is 0.0694. The predicted octanol–water partition coefficient (Wildman–Crippen LogP) is -4.67. The smallest absolute Gasteiger partial charge is 0.0558 e. The van der Waals surface area contributed by atoms with Gasteiger partial charge in [-0.3, -0.25) is 4.90 Å². The summed E-state index contributed by atoms with van der Waals surface area (Å²) in [7, 11) is 1.80. The van der Waals surface area contributed by atoms with Crippen LogP contribution in [0.5, 0.6) is 0 Å². The van der Waals surface area contributed by atoms with E-state index in [9.17, 15) is 0 Å². The molecule has 0 aromatic heterocycles. The Hall–Kier alpha value is -0.520. The maximum Gasteiger partial charge on any atom is 0.0558 e. The highest BCUT2D eigenvalue weighted by atomic mass is 16.3. The third-order valence-corrected chi connectivity index (χ3v) is 3.31. The van der Waals surface area contributed by atoms with Crippen LogP contribution in [-0.4, -0.2) is 165 Å². The molecule has 0 atom stereocenters. The highest BCUT2D eigenvalue weighted by molar-refractivity contribution is 4.54. The molecule has 0 bridgehead atoms. The van der Waals surface area contributed by atoms with E-state index in [2.05, 4.69) is 22.9 Å². The first-order valence-corrected chi connectivity index (χ1v) is 11.9. The van der Waals surface area contributed by atoms with Gasteiger partial charge in [0, 0.05) is 52.4 Å². The van der Waals surface area contributed by atoms with Gasteiger partial charge in [0.05, 0.1) is 52.9 Å². The van der Waals surface area contributed by atoms with Crippen LogP contribution in [0.25, 0.3) is 0 Å². The highest BCUT2D eigenvalue weighted by Crippen LogP contribution is 1.84. The number of aliphatic hydroxyl groups excluding tert-OH is 8. The lowest BCUT2D eigenvalue weighted by molar-refractivity contribution is 0.136. The maximum atomic E-state index is 8.48.